The summed E-state index contributed by atoms with van der Waals surface area (Å²) in [5, 5.41) is 8.20. The smallest absolute Gasteiger partial charge is 0.409 e. The third-order valence-electron chi connectivity index (χ3n) is 4.81. The number of carbonyl (C=O) groups is 1. The lowest BCUT2D eigenvalue weighted by molar-refractivity contribution is 0.110. The Balaban J connectivity index is 1.69. The first-order valence-electron chi connectivity index (χ1n) is 9.29. The summed E-state index contributed by atoms with van der Waals surface area (Å²) in [7, 11) is 5.03. The van der Waals surface area contributed by atoms with Crippen molar-refractivity contribution in [1.29, 1.82) is 0 Å². The minimum atomic E-state index is -0.416. The number of hydrogen-bond donors (Lipinski definition) is 0. The molecule has 0 spiro atoms. The zero-order chi connectivity index (χ0) is 19.4. The molecule has 0 aromatic carbocycles. The zero-order valence-corrected chi connectivity index (χ0v) is 16.4. The molecule has 8 nitrogen and oxygen atoms in total. The Morgan fingerprint density at radius 1 is 1.33 bits per heavy atom. The van der Waals surface area contributed by atoms with Crippen LogP contribution in [0.4, 0.5) is 4.79 Å². The van der Waals surface area contributed by atoms with Crippen LogP contribution in [0.2, 0.25) is 0 Å². The Hall–Kier alpha value is -2.64. The van der Waals surface area contributed by atoms with Gasteiger partial charge in [0.15, 0.2) is 0 Å². The molecule has 0 unspecified atom stereocenters. The first kappa shape index (κ1) is 19.1. The van der Waals surface area contributed by atoms with Gasteiger partial charge in [0.1, 0.15) is 23.7 Å². The van der Waals surface area contributed by atoms with E-state index in [9.17, 15) is 4.79 Å². The summed E-state index contributed by atoms with van der Waals surface area (Å²) in [6.07, 6.45) is 6.25. The summed E-state index contributed by atoms with van der Waals surface area (Å²) < 4.78 is 12.9. The van der Waals surface area contributed by atoms with E-state index in [0.717, 1.165) is 18.6 Å². The molecule has 0 bridgehead atoms. The molecule has 2 aromatic heterocycles. The molecule has 1 aliphatic carbocycles. The van der Waals surface area contributed by atoms with Crippen molar-refractivity contribution >= 4 is 6.09 Å². The van der Waals surface area contributed by atoms with Crippen LogP contribution in [0.3, 0.4) is 0 Å². The highest BCUT2D eigenvalue weighted by atomic mass is 16.6. The van der Waals surface area contributed by atoms with E-state index in [1.54, 1.807) is 32.0 Å². The predicted molar refractivity (Wildman–Crippen MR) is 100 cm³/mol. The van der Waals surface area contributed by atoms with Gasteiger partial charge < -0.3 is 14.4 Å². The fraction of sp³-hybridized carbons (Fsp3) is 0.579. The van der Waals surface area contributed by atoms with Crippen LogP contribution in [0.5, 0.6) is 5.75 Å². The average Bonchev–Trinajstić information content (AvgIpc) is 3.01. The normalized spacial score (nSPS) is 19.6. The van der Waals surface area contributed by atoms with Gasteiger partial charge in [0.2, 0.25) is 0 Å². The minimum Gasteiger partial charge on any atom is -0.489 e. The van der Waals surface area contributed by atoms with Gasteiger partial charge in [0.05, 0.1) is 18.0 Å². The maximum absolute atomic E-state index is 11.7. The Kier molecular flexibility index (Phi) is 5.93. The van der Waals surface area contributed by atoms with Gasteiger partial charge in [-0.25, -0.2) is 9.48 Å². The highest BCUT2D eigenvalue weighted by molar-refractivity contribution is 5.67. The number of aromatic nitrogens is 4. The second kappa shape index (κ2) is 8.37. The Morgan fingerprint density at radius 2 is 2.15 bits per heavy atom. The number of hydrogen-bond acceptors (Lipinski definition) is 6. The molecule has 2 aromatic rings. The number of ether oxygens (including phenoxy) is 2. The summed E-state index contributed by atoms with van der Waals surface area (Å²) in [6, 6.07) is 3.77. The summed E-state index contributed by atoms with van der Waals surface area (Å²) in [4.78, 5) is 17.5. The van der Waals surface area contributed by atoms with E-state index < -0.39 is 6.09 Å². The summed E-state index contributed by atoms with van der Waals surface area (Å²) >= 11 is 0. The van der Waals surface area contributed by atoms with Crippen molar-refractivity contribution in [3.63, 3.8) is 0 Å². The molecule has 0 saturated heterocycles. The first-order valence-corrected chi connectivity index (χ1v) is 9.29. The van der Waals surface area contributed by atoms with Crippen LogP contribution < -0.4 is 4.74 Å². The molecular formula is C19H27N5O3. The van der Waals surface area contributed by atoms with Gasteiger partial charge in [-0.15, -0.1) is 5.10 Å². The van der Waals surface area contributed by atoms with Crippen molar-refractivity contribution in [3.05, 3.63) is 24.0 Å². The average molecular weight is 373 g/mol. The van der Waals surface area contributed by atoms with E-state index in [0.29, 0.717) is 23.0 Å². The summed E-state index contributed by atoms with van der Waals surface area (Å²) in [6.45, 7) is 2.35. The number of nitrogens with zero attached hydrogens (tertiary/aromatic N) is 5. The van der Waals surface area contributed by atoms with Crippen LogP contribution in [0.1, 0.15) is 38.3 Å². The van der Waals surface area contributed by atoms with Gasteiger partial charge in [0, 0.05) is 21.1 Å². The van der Waals surface area contributed by atoms with Gasteiger partial charge in [-0.1, -0.05) is 18.6 Å². The quantitative estimate of drug-likeness (QED) is 0.801. The summed E-state index contributed by atoms with van der Waals surface area (Å²) in [5.74, 6) is 1.48. The Bertz CT molecular complexity index is 772. The van der Waals surface area contributed by atoms with E-state index in [1.807, 2.05) is 12.1 Å². The lowest BCUT2D eigenvalue weighted by Gasteiger charge is -2.27. The fourth-order valence-electron chi connectivity index (χ4n) is 3.26. The lowest BCUT2D eigenvalue weighted by Crippen LogP contribution is -2.24. The van der Waals surface area contributed by atoms with Crippen molar-refractivity contribution in [2.24, 2.45) is 13.0 Å². The molecule has 2 heterocycles. The topological polar surface area (TPSA) is 82.4 Å². The second-order valence-electron chi connectivity index (χ2n) is 7.35. The molecule has 1 saturated carbocycles. The molecule has 8 heteroatoms. The third kappa shape index (κ3) is 4.75. The standard InChI is InChI=1S/C19H27N5O3/c1-13-6-5-7-14(10-13)27-15-8-9-16(20-11-15)18-17(24(4)22-21-18)12-26-19(25)23(2)3/h8-9,11,13-14H,5-7,10,12H2,1-4H3/t13-,14-/m0/s1. The molecule has 146 valence electrons. The fourth-order valence-corrected chi connectivity index (χ4v) is 3.26. The van der Waals surface area contributed by atoms with Crippen LogP contribution in [0.25, 0.3) is 11.4 Å². The highest BCUT2D eigenvalue weighted by Crippen LogP contribution is 2.28. The van der Waals surface area contributed by atoms with Gasteiger partial charge in [0.25, 0.3) is 0 Å². The van der Waals surface area contributed by atoms with E-state index in [-0.39, 0.29) is 12.7 Å². The zero-order valence-electron chi connectivity index (χ0n) is 16.4. The van der Waals surface area contributed by atoms with E-state index in [4.69, 9.17) is 9.47 Å². The Morgan fingerprint density at radius 3 is 2.81 bits per heavy atom. The molecule has 0 N–H and O–H groups in total. The molecule has 1 amide bonds. The van der Waals surface area contributed by atoms with Crippen molar-refractivity contribution in [2.45, 2.75) is 45.3 Å². The van der Waals surface area contributed by atoms with Crippen molar-refractivity contribution < 1.29 is 14.3 Å². The first-order chi connectivity index (χ1) is 12.9. The Labute approximate surface area is 159 Å². The molecule has 2 atom stereocenters. The van der Waals surface area contributed by atoms with Gasteiger partial charge >= 0.3 is 6.09 Å². The van der Waals surface area contributed by atoms with Crippen molar-refractivity contribution in [3.8, 4) is 17.1 Å². The number of aryl methyl sites for hydroxylation is 1. The maximum atomic E-state index is 11.7. The largest absolute Gasteiger partial charge is 0.489 e. The molecule has 1 aliphatic rings. The molecular weight excluding hydrogens is 346 g/mol. The molecule has 1 fully saturated rings. The van der Waals surface area contributed by atoms with Crippen LogP contribution in [-0.4, -0.2) is 51.2 Å². The number of pyridine rings is 1. The predicted octanol–water partition coefficient (Wildman–Crippen LogP) is 3.03. The van der Waals surface area contributed by atoms with E-state index in [2.05, 4.69) is 22.2 Å². The van der Waals surface area contributed by atoms with Crippen LogP contribution in [0, 0.1) is 5.92 Å². The molecule has 0 aliphatic heterocycles. The SMILES string of the molecule is C[C@H]1CCC[C@H](Oc2ccc(-c3nnn(C)c3COC(=O)N(C)C)nc2)C1. The van der Waals surface area contributed by atoms with Crippen LogP contribution in [-0.2, 0) is 18.4 Å². The minimum absolute atomic E-state index is 0.0791. The van der Waals surface area contributed by atoms with E-state index in [1.165, 1.54) is 17.7 Å². The van der Waals surface area contributed by atoms with Gasteiger partial charge in [-0.2, -0.15) is 0 Å². The number of carbonyl (C=O) groups excluding carboxylic acids is 1. The molecule has 3 rings (SSSR count). The van der Waals surface area contributed by atoms with Crippen LogP contribution >= 0.6 is 0 Å². The van der Waals surface area contributed by atoms with Gasteiger partial charge in [-0.3, -0.25) is 4.98 Å². The van der Waals surface area contributed by atoms with E-state index >= 15 is 0 Å². The monoisotopic (exact) mass is 373 g/mol. The second-order valence-corrected chi connectivity index (χ2v) is 7.35. The van der Waals surface area contributed by atoms with Crippen molar-refractivity contribution in [2.75, 3.05) is 14.1 Å². The highest BCUT2D eigenvalue weighted by Gasteiger charge is 2.21. The summed E-state index contributed by atoms with van der Waals surface area (Å²) in [5.41, 5.74) is 1.96. The number of amides is 1. The number of rotatable bonds is 5. The van der Waals surface area contributed by atoms with Gasteiger partial charge in [-0.05, 0) is 37.3 Å². The molecule has 0 radical (unpaired) electrons. The van der Waals surface area contributed by atoms with Crippen molar-refractivity contribution in [1.82, 2.24) is 24.9 Å². The molecule has 27 heavy (non-hydrogen) atoms. The van der Waals surface area contributed by atoms with Crippen LogP contribution in [0.15, 0.2) is 18.3 Å². The third-order valence-corrected chi connectivity index (χ3v) is 4.81. The lowest BCUT2D eigenvalue weighted by atomic mass is 9.89. The maximum Gasteiger partial charge on any atom is 0.409 e.